The molecule has 2 aromatic rings. The van der Waals surface area contributed by atoms with E-state index in [4.69, 9.17) is 5.11 Å². The predicted molar refractivity (Wildman–Crippen MR) is 97.4 cm³/mol. The van der Waals surface area contributed by atoms with Crippen molar-refractivity contribution in [3.8, 4) is 5.69 Å². The molecule has 26 heavy (non-hydrogen) atoms. The minimum absolute atomic E-state index is 0.0541. The number of nitrogens with zero attached hydrogens (tertiary/aromatic N) is 3. The molecular weight excluding hydrogens is 356 g/mol. The highest BCUT2D eigenvalue weighted by atomic mass is 32.2. The summed E-state index contributed by atoms with van der Waals surface area (Å²) < 4.78 is 1.40. The second-order valence-corrected chi connectivity index (χ2v) is 6.69. The molecule has 1 unspecified atom stereocenters. The molecule has 0 spiro atoms. The van der Waals surface area contributed by atoms with Crippen LogP contribution in [0.15, 0.2) is 36.5 Å². The van der Waals surface area contributed by atoms with Gasteiger partial charge in [-0.3, -0.25) is 9.59 Å². The van der Waals surface area contributed by atoms with Crippen LogP contribution in [0.1, 0.15) is 23.8 Å². The Balaban J connectivity index is 1.83. The fraction of sp³-hybridized carbons (Fsp3) is 0.294. The van der Waals surface area contributed by atoms with Gasteiger partial charge in [0, 0.05) is 18.4 Å². The van der Waals surface area contributed by atoms with E-state index in [1.807, 2.05) is 0 Å². The topological polar surface area (TPSA) is 105 Å². The molecule has 1 aromatic heterocycles. The normalized spacial score (nSPS) is 16.5. The number of hydrogen-bond acceptors (Lipinski definition) is 5. The fourth-order valence-electron chi connectivity index (χ4n) is 2.68. The van der Waals surface area contributed by atoms with Gasteiger partial charge in [0.05, 0.1) is 17.3 Å². The van der Waals surface area contributed by atoms with Crippen LogP contribution in [0, 0.1) is 0 Å². The van der Waals surface area contributed by atoms with Crippen molar-refractivity contribution in [2.75, 3.05) is 16.9 Å². The third kappa shape index (κ3) is 3.57. The van der Waals surface area contributed by atoms with Gasteiger partial charge < -0.3 is 15.3 Å². The van der Waals surface area contributed by atoms with Crippen LogP contribution in [0.4, 0.5) is 5.69 Å². The standard InChI is InChI=1S/C17H18N4O4S/c1-2-15(22)20-10-26-9-14(20)16(23)18-11-5-3-4-6-13(11)21-8-7-12(19-21)17(24)25/h3-8,14H,2,9-10H2,1H3,(H,18,23)(H,24,25). The average Bonchev–Trinajstić information content (AvgIpc) is 3.31. The Bertz CT molecular complexity index is 851. The largest absolute Gasteiger partial charge is 0.476 e. The van der Waals surface area contributed by atoms with Crippen LogP contribution in [0.5, 0.6) is 0 Å². The molecule has 8 nitrogen and oxygen atoms in total. The number of carbonyl (C=O) groups excluding carboxylic acids is 2. The van der Waals surface area contributed by atoms with Crippen molar-refractivity contribution in [3.05, 3.63) is 42.2 Å². The summed E-state index contributed by atoms with van der Waals surface area (Å²) in [6.07, 6.45) is 1.87. The van der Waals surface area contributed by atoms with E-state index in [9.17, 15) is 14.4 Å². The van der Waals surface area contributed by atoms with Crippen LogP contribution >= 0.6 is 11.8 Å². The number of carbonyl (C=O) groups is 3. The highest BCUT2D eigenvalue weighted by Gasteiger charge is 2.34. The van der Waals surface area contributed by atoms with E-state index in [-0.39, 0.29) is 17.5 Å². The maximum absolute atomic E-state index is 12.7. The SMILES string of the molecule is CCC(=O)N1CSCC1C(=O)Nc1ccccc1-n1ccc(C(=O)O)n1. The van der Waals surface area contributed by atoms with E-state index < -0.39 is 12.0 Å². The number of carboxylic acid groups (broad SMARTS) is 1. The maximum atomic E-state index is 12.7. The molecule has 2 N–H and O–H groups in total. The van der Waals surface area contributed by atoms with Gasteiger partial charge in [0.1, 0.15) is 6.04 Å². The summed E-state index contributed by atoms with van der Waals surface area (Å²) in [5, 5.41) is 15.9. The van der Waals surface area contributed by atoms with E-state index in [0.717, 1.165) is 0 Å². The number of hydrogen-bond donors (Lipinski definition) is 2. The third-order valence-corrected chi connectivity index (χ3v) is 5.04. The number of aromatic nitrogens is 2. The Morgan fingerprint density at radius 3 is 2.77 bits per heavy atom. The number of nitrogens with one attached hydrogen (secondary N) is 1. The fourth-order valence-corrected chi connectivity index (χ4v) is 3.86. The molecule has 2 heterocycles. The zero-order chi connectivity index (χ0) is 18.7. The molecule has 2 amide bonds. The van der Waals surface area contributed by atoms with Crippen molar-refractivity contribution in [1.29, 1.82) is 0 Å². The van der Waals surface area contributed by atoms with Gasteiger partial charge in [0.25, 0.3) is 0 Å². The molecule has 1 saturated heterocycles. The van der Waals surface area contributed by atoms with E-state index in [1.54, 1.807) is 47.9 Å². The molecule has 136 valence electrons. The first-order valence-electron chi connectivity index (χ1n) is 8.07. The first kappa shape index (κ1) is 18.0. The third-order valence-electron chi connectivity index (χ3n) is 4.02. The number of benzene rings is 1. The predicted octanol–water partition coefficient (Wildman–Crippen LogP) is 1.82. The number of carboxylic acids is 1. The smallest absolute Gasteiger partial charge is 0.356 e. The van der Waals surface area contributed by atoms with Crippen molar-refractivity contribution in [2.45, 2.75) is 19.4 Å². The lowest BCUT2D eigenvalue weighted by atomic mass is 10.2. The molecule has 0 saturated carbocycles. The Labute approximate surface area is 154 Å². The second kappa shape index (κ2) is 7.61. The van der Waals surface area contributed by atoms with Crippen molar-refractivity contribution in [1.82, 2.24) is 14.7 Å². The molecule has 1 aliphatic heterocycles. The molecule has 1 aromatic carbocycles. The number of para-hydroxylation sites is 2. The van der Waals surface area contributed by atoms with Gasteiger partial charge >= 0.3 is 5.97 Å². The lowest BCUT2D eigenvalue weighted by Gasteiger charge is -2.23. The van der Waals surface area contributed by atoms with Crippen molar-refractivity contribution < 1.29 is 19.5 Å². The minimum Gasteiger partial charge on any atom is -0.476 e. The first-order chi connectivity index (χ1) is 12.5. The van der Waals surface area contributed by atoms with Gasteiger partial charge in [-0.25, -0.2) is 9.48 Å². The van der Waals surface area contributed by atoms with Gasteiger partial charge in [0.2, 0.25) is 11.8 Å². The van der Waals surface area contributed by atoms with E-state index in [1.165, 1.54) is 16.9 Å². The molecule has 1 fully saturated rings. The number of amides is 2. The zero-order valence-corrected chi connectivity index (χ0v) is 14.9. The van der Waals surface area contributed by atoms with E-state index in [0.29, 0.717) is 29.4 Å². The summed E-state index contributed by atoms with van der Waals surface area (Å²) in [5.41, 5.74) is 0.962. The summed E-state index contributed by atoms with van der Waals surface area (Å²) in [7, 11) is 0. The van der Waals surface area contributed by atoms with Crippen LogP contribution in [0.25, 0.3) is 5.69 Å². The Morgan fingerprint density at radius 1 is 1.31 bits per heavy atom. The molecule has 0 aliphatic carbocycles. The maximum Gasteiger partial charge on any atom is 0.356 e. The monoisotopic (exact) mass is 374 g/mol. The summed E-state index contributed by atoms with van der Waals surface area (Å²) in [4.78, 5) is 37.3. The molecule has 0 radical (unpaired) electrons. The summed E-state index contributed by atoms with van der Waals surface area (Å²) >= 11 is 1.54. The number of rotatable bonds is 5. The van der Waals surface area contributed by atoms with Crippen molar-refractivity contribution in [2.24, 2.45) is 0 Å². The van der Waals surface area contributed by atoms with E-state index in [2.05, 4.69) is 10.4 Å². The molecule has 3 rings (SSSR count). The Kier molecular flexibility index (Phi) is 5.27. The van der Waals surface area contributed by atoms with Crippen LogP contribution in [-0.2, 0) is 9.59 Å². The average molecular weight is 374 g/mol. The number of thioether (sulfide) groups is 1. The molecule has 0 bridgehead atoms. The van der Waals surface area contributed by atoms with Gasteiger partial charge in [-0.05, 0) is 18.2 Å². The van der Waals surface area contributed by atoms with Gasteiger partial charge in [-0.15, -0.1) is 11.8 Å². The number of aromatic carboxylic acids is 1. The molecule has 1 aliphatic rings. The van der Waals surface area contributed by atoms with Gasteiger partial charge in [-0.2, -0.15) is 5.10 Å². The van der Waals surface area contributed by atoms with Crippen LogP contribution < -0.4 is 5.32 Å². The van der Waals surface area contributed by atoms with Gasteiger partial charge in [0.15, 0.2) is 5.69 Å². The zero-order valence-electron chi connectivity index (χ0n) is 14.1. The highest BCUT2D eigenvalue weighted by molar-refractivity contribution is 7.99. The quantitative estimate of drug-likeness (QED) is 0.827. The van der Waals surface area contributed by atoms with Crippen molar-refractivity contribution in [3.63, 3.8) is 0 Å². The van der Waals surface area contributed by atoms with E-state index >= 15 is 0 Å². The minimum atomic E-state index is -1.12. The van der Waals surface area contributed by atoms with Gasteiger partial charge in [-0.1, -0.05) is 19.1 Å². The number of anilines is 1. The molecule has 1 atom stereocenters. The first-order valence-corrected chi connectivity index (χ1v) is 9.23. The van der Waals surface area contributed by atoms with Crippen LogP contribution in [0.2, 0.25) is 0 Å². The Hall–Kier alpha value is -2.81. The van der Waals surface area contributed by atoms with Crippen molar-refractivity contribution >= 4 is 35.2 Å². The lowest BCUT2D eigenvalue weighted by molar-refractivity contribution is -0.135. The summed E-state index contributed by atoms with van der Waals surface area (Å²) in [6.45, 7) is 1.77. The highest BCUT2D eigenvalue weighted by Crippen LogP contribution is 2.25. The summed E-state index contributed by atoms with van der Waals surface area (Å²) in [5.74, 6) is -0.392. The molecular formula is C17H18N4O4S. The second-order valence-electron chi connectivity index (χ2n) is 5.69. The van der Waals surface area contributed by atoms with Crippen LogP contribution in [0.3, 0.4) is 0 Å². The summed E-state index contributed by atoms with van der Waals surface area (Å²) in [6, 6.07) is 7.84. The lowest BCUT2D eigenvalue weighted by Crippen LogP contribution is -2.44. The Morgan fingerprint density at radius 2 is 2.08 bits per heavy atom. The molecule has 9 heteroatoms. The van der Waals surface area contributed by atoms with Crippen LogP contribution in [-0.4, -0.2) is 55.2 Å².